The second-order valence-corrected chi connectivity index (χ2v) is 6.74. The van der Waals surface area contributed by atoms with Crippen molar-refractivity contribution in [1.29, 1.82) is 0 Å². The molecule has 4 N–H and O–H groups in total. The molecule has 0 saturated carbocycles. The van der Waals surface area contributed by atoms with Gasteiger partial charge >= 0.3 is 23.9 Å². The van der Waals surface area contributed by atoms with E-state index >= 15 is 0 Å². The number of carbonyl (C=O) groups is 4. The van der Waals surface area contributed by atoms with Crippen molar-refractivity contribution >= 4 is 37.6 Å². The molecule has 0 bridgehead atoms. The lowest BCUT2D eigenvalue weighted by Gasteiger charge is -1.98. The highest BCUT2D eigenvalue weighted by Crippen LogP contribution is 2.08. The first-order valence-electron chi connectivity index (χ1n) is 8.80. The summed E-state index contributed by atoms with van der Waals surface area (Å²) >= 11 is 0. The van der Waals surface area contributed by atoms with Gasteiger partial charge in [-0.25, -0.2) is 19.2 Å². The molecule has 0 saturated heterocycles. The minimum atomic E-state index is -1.23. The number of carboxylic acid groups (broad SMARTS) is 4. The molecule has 0 radical (unpaired) electrons. The van der Waals surface area contributed by atoms with Crippen LogP contribution in [0.4, 0.5) is 0 Å². The lowest BCUT2D eigenvalue weighted by molar-refractivity contribution is 0.0651. The Bertz CT molecular complexity index is 978. The quantitative estimate of drug-likeness (QED) is 0.420. The normalized spacial score (nSPS) is 9.62. The van der Waals surface area contributed by atoms with Gasteiger partial charge in [0.1, 0.15) is 0 Å². The molecule has 0 fully saturated rings. The summed E-state index contributed by atoms with van der Waals surface area (Å²) in [6.07, 6.45) is 0. The van der Waals surface area contributed by atoms with Gasteiger partial charge in [-0.2, -0.15) is 0 Å². The molecular formula is C22H19O9P. The highest BCUT2D eigenvalue weighted by molar-refractivity contribution is 7.34. The number of hydrogen-bond donors (Lipinski definition) is 4. The Balaban J connectivity index is 0.000000245. The van der Waals surface area contributed by atoms with Gasteiger partial charge in [0.2, 0.25) is 0 Å². The Morgan fingerprint density at radius 1 is 0.469 bits per heavy atom. The van der Waals surface area contributed by atoms with Gasteiger partial charge < -0.3 is 25.0 Å². The van der Waals surface area contributed by atoms with Gasteiger partial charge in [0, 0.05) is 5.30 Å². The van der Waals surface area contributed by atoms with E-state index in [9.17, 15) is 23.7 Å². The first-order valence-corrected chi connectivity index (χ1v) is 9.85. The van der Waals surface area contributed by atoms with Crippen LogP contribution < -0.4 is 5.30 Å². The average molecular weight is 458 g/mol. The molecule has 0 amide bonds. The molecule has 0 aliphatic rings. The van der Waals surface area contributed by atoms with Crippen molar-refractivity contribution in [3.63, 3.8) is 0 Å². The van der Waals surface area contributed by atoms with E-state index in [-0.39, 0.29) is 22.3 Å². The SMILES string of the molecule is O=C(O)c1ccccc1C(=O)O.O=C(O)c1ccccc1C(=O)O.O=[PH2]c1ccccc1. The Morgan fingerprint density at radius 3 is 0.906 bits per heavy atom. The molecule has 32 heavy (non-hydrogen) atoms. The summed E-state index contributed by atoms with van der Waals surface area (Å²) in [5, 5.41) is 35.1. The van der Waals surface area contributed by atoms with Gasteiger partial charge in [-0.15, -0.1) is 0 Å². The lowest BCUT2D eigenvalue weighted by atomic mass is 10.1. The summed E-state index contributed by atoms with van der Waals surface area (Å²) in [6.45, 7) is 0. The van der Waals surface area contributed by atoms with Crippen molar-refractivity contribution in [2.75, 3.05) is 0 Å². The Morgan fingerprint density at radius 2 is 0.719 bits per heavy atom. The molecule has 0 heterocycles. The van der Waals surface area contributed by atoms with Crippen LogP contribution in [0.15, 0.2) is 78.9 Å². The molecule has 3 aromatic rings. The number of aromatic carboxylic acids is 4. The third-order valence-electron chi connectivity index (χ3n) is 3.71. The highest BCUT2D eigenvalue weighted by atomic mass is 31.1. The maximum Gasteiger partial charge on any atom is 0.336 e. The van der Waals surface area contributed by atoms with Crippen LogP contribution in [-0.2, 0) is 4.57 Å². The molecule has 166 valence electrons. The van der Waals surface area contributed by atoms with Crippen LogP contribution in [0.3, 0.4) is 0 Å². The van der Waals surface area contributed by atoms with E-state index < -0.39 is 32.3 Å². The number of hydrogen-bond acceptors (Lipinski definition) is 5. The fraction of sp³-hybridized carbons (Fsp3) is 0. The second kappa shape index (κ2) is 13.1. The molecule has 1 atom stereocenters. The summed E-state index contributed by atoms with van der Waals surface area (Å²) in [5.74, 6) is -4.91. The molecule has 0 spiro atoms. The summed E-state index contributed by atoms with van der Waals surface area (Å²) in [7, 11) is -0.739. The monoisotopic (exact) mass is 458 g/mol. The fourth-order valence-corrected chi connectivity index (χ4v) is 2.62. The summed E-state index contributed by atoms with van der Waals surface area (Å²) in [4.78, 5) is 41.9. The standard InChI is InChI=1S/2C8H6O4.C6H7OP/c2*9-7(10)5-3-1-2-4-6(5)8(11)12;7-8-6-4-2-1-3-5-6/h2*1-4H,(H,9,10)(H,11,12);1-5H,8H2. The molecule has 0 aliphatic heterocycles. The highest BCUT2D eigenvalue weighted by Gasteiger charge is 2.14. The number of carboxylic acids is 4. The zero-order valence-corrected chi connectivity index (χ0v) is 17.6. The number of rotatable bonds is 5. The zero-order valence-electron chi connectivity index (χ0n) is 16.4. The predicted molar refractivity (Wildman–Crippen MR) is 117 cm³/mol. The topological polar surface area (TPSA) is 166 Å². The zero-order chi connectivity index (χ0) is 24.1. The first kappa shape index (κ1) is 25.8. The van der Waals surface area contributed by atoms with Crippen LogP contribution in [0.5, 0.6) is 0 Å². The van der Waals surface area contributed by atoms with E-state index in [1.165, 1.54) is 48.5 Å². The van der Waals surface area contributed by atoms with E-state index in [0.717, 1.165) is 5.30 Å². The third kappa shape index (κ3) is 8.25. The average Bonchev–Trinajstić information content (AvgIpc) is 2.80. The van der Waals surface area contributed by atoms with E-state index in [4.69, 9.17) is 20.4 Å². The molecule has 0 aliphatic carbocycles. The summed E-state index contributed by atoms with van der Waals surface area (Å²) in [5.41, 5.74) is -0.759. The van der Waals surface area contributed by atoms with Crippen molar-refractivity contribution in [2.24, 2.45) is 0 Å². The van der Waals surface area contributed by atoms with Crippen LogP contribution in [-0.4, -0.2) is 44.3 Å². The smallest absolute Gasteiger partial charge is 0.336 e. The fourth-order valence-electron chi connectivity index (χ4n) is 2.24. The van der Waals surface area contributed by atoms with Crippen molar-refractivity contribution in [3.05, 3.63) is 101 Å². The molecule has 9 nitrogen and oxygen atoms in total. The Hall–Kier alpha value is -4.23. The van der Waals surface area contributed by atoms with Crippen LogP contribution in [0.25, 0.3) is 0 Å². The van der Waals surface area contributed by atoms with Crippen LogP contribution >= 0.6 is 8.46 Å². The van der Waals surface area contributed by atoms with Crippen molar-refractivity contribution in [3.8, 4) is 0 Å². The van der Waals surface area contributed by atoms with Gasteiger partial charge in [0.25, 0.3) is 0 Å². The lowest BCUT2D eigenvalue weighted by Crippen LogP contribution is -2.06. The van der Waals surface area contributed by atoms with Gasteiger partial charge in [0.15, 0.2) is 0 Å². The first-order chi connectivity index (χ1) is 15.2. The maximum atomic E-state index is 10.5. The minimum Gasteiger partial charge on any atom is -0.478 e. The van der Waals surface area contributed by atoms with Gasteiger partial charge in [-0.3, -0.25) is 0 Å². The van der Waals surface area contributed by atoms with E-state index in [1.54, 1.807) is 0 Å². The number of benzene rings is 3. The Labute approximate surface area is 183 Å². The van der Waals surface area contributed by atoms with E-state index in [0.29, 0.717) is 0 Å². The van der Waals surface area contributed by atoms with E-state index in [1.807, 2.05) is 30.3 Å². The van der Waals surface area contributed by atoms with Gasteiger partial charge in [0.05, 0.1) is 30.7 Å². The van der Waals surface area contributed by atoms with Crippen LogP contribution in [0.1, 0.15) is 41.4 Å². The predicted octanol–water partition coefficient (Wildman–Crippen LogP) is 3.23. The molecular weight excluding hydrogens is 439 g/mol. The van der Waals surface area contributed by atoms with Crippen molar-refractivity contribution in [1.82, 2.24) is 0 Å². The molecule has 3 rings (SSSR count). The molecule has 3 aromatic carbocycles. The third-order valence-corrected chi connectivity index (χ3v) is 4.37. The molecule has 1 unspecified atom stereocenters. The summed E-state index contributed by atoms with van der Waals surface area (Å²) < 4.78 is 10.2. The Kier molecular flexibility index (Phi) is 10.6. The van der Waals surface area contributed by atoms with Gasteiger partial charge in [-0.1, -0.05) is 54.6 Å². The van der Waals surface area contributed by atoms with Gasteiger partial charge in [-0.05, 0) is 24.3 Å². The second-order valence-electron chi connectivity index (χ2n) is 5.84. The van der Waals surface area contributed by atoms with Crippen LogP contribution in [0, 0.1) is 0 Å². The molecule has 10 heteroatoms. The minimum absolute atomic E-state index is 0.190. The van der Waals surface area contributed by atoms with E-state index in [2.05, 4.69) is 0 Å². The van der Waals surface area contributed by atoms with Crippen LogP contribution in [0.2, 0.25) is 0 Å². The maximum absolute atomic E-state index is 10.5. The molecule has 0 aromatic heterocycles. The van der Waals surface area contributed by atoms with Crippen molar-refractivity contribution < 1.29 is 44.2 Å². The van der Waals surface area contributed by atoms with Crippen molar-refractivity contribution in [2.45, 2.75) is 0 Å². The summed E-state index contributed by atoms with van der Waals surface area (Å²) in [6, 6.07) is 20.4. The largest absolute Gasteiger partial charge is 0.478 e.